The highest BCUT2D eigenvalue weighted by molar-refractivity contribution is 5.82. The summed E-state index contributed by atoms with van der Waals surface area (Å²) in [5.74, 6) is -4.66. The first-order valence-corrected chi connectivity index (χ1v) is 8.31. The van der Waals surface area contributed by atoms with Crippen LogP contribution in [-0.4, -0.2) is 23.6 Å². The number of carbonyl (C=O) groups excluding carboxylic acids is 4. The molecule has 0 saturated heterocycles. The maximum Gasteiger partial charge on any atom is 0.220 e. The molecule has 0 rings (SSSR count). The summed E-state index contributed by atoms with van der Waals surface area (Å²) in [7, 11) is 0. The lowest BCUT2D eigenvalue weighted by molar-refractivity contribution is -0.127. The zero-order valence-electron chi connectivity index (χ0n) is 14.5. The monoisotopic (exact) mass is 342 g/mol. The van der Waals surface area contributed by atoms with E-state index in [0.29, 0.717) is 12.8 Å². The van der Waals surface area contributed by atoms with E-state index >= 15 is 0 Å². The maximum atomic E-state index is 11.7. The number of primary amides is 4. The van der Waals surface area contributed by atoms with Crippen LogP contribution >= 0.6 is 0 Å². The molecule has 8 N–H and O–H groups in total. The molecule has 0 aromatic heterocycles. The Bertz CT molecular complexity index is 467. The van der Waals surface area contributed by atoms with Gasteiger partial charge in [-0.2, -0.15) is 0 Å². The van der Waals surface area contributed by atoms with Crippen molar-refractivity contribution in [3.05, 3.63) is 0 Å². The number of rotatable bonds is 13. The number of carbonyl (C=O) groups is 4. The van der Waals surface area contributed by atoms with Crippen LogP contribution in [0.3, 0.4) is 0 Å². The minimum atomic E-state index is -0.713. The first kappa shape index (κ1) is 21.9. The molecule has 0 aliphatic carbocycles. The molecule has 8 nitrogen and oxygen atoms in total. The molecule has 0 spiro atoms. The summed E-state index contributed by atoms with van der Waals surface area (Å²) in [6.45, 7) is 3.68. The lowest BCUT2D eigenvalue weighted by Crippen LogP contribution is -2.36. The topological polar surface area (TPSA) is 172 Å². The molecule has 0 aromatic rings. The van der Waals surface area contributed by atoms with Crippen molar-refractivity contribution in [2.45, 2.75) is 52.4 Å². The van der Waals surface area contributed by atoms with Crippen LogP contribution < -0.4 is 22.9 Å². The second-order valence-electron chi connectivity index (χ2n) is 6.30. The van der Waals surface area contributed by atoms with Gasteiger partial charge < -0.3 is 22.9 Å². The van der Waals surface area contributed by atoms with Crippen LogP contribution in [0.5, 0.6) is 0 Å². The molecule has 24 heavy (non-hydrogen) atoms. The summed E-state index contributed by atoms with van der Waals surface area (Å²) in [6, 6.07) is 0. The van der Waals surface area contributed by atoms with Crippen molar-refractivity contribution in [3.8, 4) is 0 Å². The first-order valence-electron chi connectivity index (χ1n) is 8.31. The van der Waals surface area contributed by atoms with Gasteiger partial charge in [-0.3, -0.25) is 19.2 Å². The smallest absolute Gasteiger partial charge is 0.220 e. The number of amides is 4. The second kappa shape index (κ2) is 10.6. The quantitative estimate of drug-likeness (QED) is 0.362. The fraction of sp³-hybridized carbons (Fsp3) is 0.750. The Morgan fingerprint density at radius 3 is 1.25 bits per heavy atom. The number of nitrogens with two attached hydrogens (primary N) is 4. The van der Waals surface area contributed by atoms with Crippen molar-refractivity contribution < 1.29 is 19.2 Å². The third-order valence-electron chi connectivity index (χ3n) is 4.45. The molecule has 4 amide bonds. The Labute approximate surface area is 142 Å². The predicted molar refractivity (Wildman–Crippen MR) is 89.8 cm³/mol. The molecule has 0 fully saturated rings. The fourth-order valence-corrected chi connectivity index (χ4v) is 2.90. The van der Waals surface area contributed by atoms with E-state index < -0.39 is 47.3 Å². The van der Waals surface area contributed by atoms with Gasteiger partial charge in [-0.1, -0.05) is 20.3 Å². The molecule has 4 unspecified atom stereocenters. The molecular weight excluding hydrogens is 312 g/mol. The van der Waals surface area contributed by atoms with Gasteiger partial charge in [0.05, 0.1) is 0 Å². The molecule has 0 aromatic carbocycles. The SMILES string of the molecule is CCCC(CC(CC(CC(CC)C(N)=O)C(N)=O)C(N)=O)C(N)=O. The maximum absolute atomic E-state index is 11.7. The molecule has 138 valence electrons. The Morgan fingerprint density at radius 1 is 0.625 bits per heavy atom. The molecule has 0 aliphatic heterocycles. The highest BCUT2D eigenvalue weighted by Gasteiger charge is 2.31. The van der Waals surface area contributed by atoms with Crippen molar-refractivity contribution in [1.29, 1.82) is 0 Å². The van der Waals surface area contributed by atoms with E-state index in [2.05, 4.69) is 0 Å². The van der Waals surface area contributed by atoms with E-state index in [-0.39, 0.29) is 19.3 Å². The lowest BCUT2D eigenvalue weighted by atomic mass is 9.80. The summed E-state index contributed by atoms with van der Waals surface area (Å²) < 4.78 is 0. The van der Waals surface area contributed by atoms with E-state index in [9.17, 15) is 19.2 Å². The Kier molecular flexibility index (Phi) is 9.68. The molecule has 4 atom stereocenters. The number of hydrogen-bond donors (Lipinski definition) is 4. The summed E-state index contributed by atoms with van der Waals surface area (Å²) in [5.41, 5.74) is 21.5. The summed E-state index contributed by atoms with van der Waals surface area (Å²) >= 11 is 0. The Morgan fingerprint density at radius 2 is 0.958 bits per heavy atom. The summed E-state index contributed by atoms with van der Waals surface area (Å²) in [6.07, 6.45) is 2.18. The second-order valence-corrected chi connectivity index (χ2v) is 6.30. The van der Waals surface area contributed by atoms with Crippen LogP contribution in [-0.2, 0) is 19.2 Å². The minimum absolute atomic E-state index is 0.0853. The van der Waals surface area contributed by atoms with Gasteiger partial charge in [-0.15, -0.1) is 0 Å². The number of hydrogen-bond acceptors (Lipinski definition) is 4. The Hall–Kier alpha value is -2.12. The van der Waals surface area contributed by atoms with Gasteiger partial charge in [0.1, 0.15) is 0 Å². The third kappa shape index (κ3) is 7.43. The van der Waals surface area contributed by atoms with Crippen LogP contribution in [0, 0.1) is 23.7 Å². The van der Waals surface area contributed by atoms with Gasteiger partial charge in [-0.25, -0.2) is 0 Å². The summed E-state index contributed by atoms with van der Waals surface area (Å²) in [4.78, 5) is 46.3. The first-order chi connectivity index (χ1) is 11.1. The standard InChI is InChI=1S/C16H30N4O4/c1-3-5-10(14(18)22)7-12(16(20)24)8-11(15(19)23)6-9(4-2)13(17)21/h9-12H,3-8H2,1-2H3,(H2,17,21)(H2,18,22)(H2,19,23)(H2,20,24). The van der Waals surface area contributed by atoms with E-state index in [1.807, 2.05) is 6.92 Å². The normalized spacial score (nSPS) is 15.9. The van der Waals surface area contributed by atoms with Crippen molar-refractivity contribution in [3.63, 3.8) is 0 Å². The van der Waals surface area contributed by atoms with Crippen molar-refractivity contribution in [2.24, 2.45) is 46.6 Å². The van der Waals surface area contributed by atoms with Crippen molar-refractivity contribution in [2.75, 3.05) is 0 Å². The molecule has 8 heteroatoms. The van der Waals surface area contributed by atoms with Gasteiger partial charge in [0.15, 0.2) is 0 Å². The molecule has 0 radical (unpaired) electrons. The molecule has 0 aliphatic rings. The van der Waals surface area contributed by atoms with Crippen LogP contribution in [0.4, 0.5) is 0 Å². The van der Waals surface area contributed by atoms with Crippen LogP contribution in [0.15, 0.2) is 0 Å². The predicted octanol–water partition coefficient (Wildman–Crippen LogP) is -0.227. The highest BCUT2D eigenvalue weighted by atomic mass is 16.2. The largest absolute Gasteiger partial charge is 0.369 e. The van der Waals surface area contributed by atoms with E-state index in [1.165, 1.54) is 0 Å². The van der Waals surface area contributed by atoms with Crippen molar-refractivity contribution >= 4 is 23.6 Å². The van der Waals surface area contributed by atoms with Crippen LogP contribution in [0.1, 0.15) is 52.4 Å². The van der Waals surface area contributed by atoms with Crippen LogP contribution in [0.25, 0.3) is 0 Å². The third-order valence-corrected chi connectivity index (χ3v) is 4.45. The highest BCUT2D eigenvalue weighted by Crippen LogP contribution is 2.27. The van der Waals surface area contributed by atoms with Gasteiger partial charge in [0, 0.05) is 23.7 Å². The zero-order chi connectivity index (χ0) is 18.9. The van der Waals surface area contributed by atoms with E-state index in [4.69, 9.17) is 22.9 Å². The van der Waals surface area contributed by atoms with Gasteiger partial charge in [-0.05, 0) is 32.1 Å². The average molecular weight is 342 g/mol. The summed E-state index contributed by atoms with van der Waals surface area (Å²) in [5, 5.41) is 0. The Balaban J connectivity index is 5.14. The van der Waals surface area contributed by atoms with E-state index in [1.54, 1.807) is 6.92 Å². The fourth-order valence-electron chi connectivity index (χ4n) is 2.90. The van der Waals surface area contributed by atoms with Crippen LogP contribution in [0.2, 0.25) is 0 Å². The minimum Gasteiger partial charge on any atom is -0.369 e. The molecule has 0 heterocycles. The molecular formula is C16H30N4O4. The zero-order valence-corrected chi connectivity index (χ0v) is 14.5. The van der Waals surface area contributed by atoms with Gasteiger partial charge in [0.2, 0.25) is 23.6 Å². The average Bonchev–Trinajstić information content (AvgIpc) is 2.47. The van der Waals surface area contributed by atoms with Gasteiger partial charge >= 0.3 is 0 Å². The van der Waals surface area contributed by atoms with E-state index in [0.717, 1.165) is 6.42 Å². The van der Waals surface area contributed by atoms with Crippen molar-refractivity contribution in [1.82, 2.24) is 0 Å². The molecule has 0 bridgehead atoms. The van der Waals surface area contributed by atoms with Gasteiger partial charge in [0.25, 0.3) is 0 Å². The molecule has 0 saturated carbocycles. The lowest BCUT2D eigenvalue weighted by Gasteiger charge is -2.24.